The van der Waals surface area contributed by atoms with Crippen LogP contribution in [0.1, 0.15) is 26.7 Å². The van der Waals surface area contributed by atoms with Gasteiger partial charge in [0.25, 0.3) is 5.91 Å². The number of nitrogens with zero attached hydrogens (tertiary/aromatic N) is 2. The molecule has 2 amide bonds. The number of thioether (sulfide) groups is 1. The summed E-state index contributed by atoms with van der Waals surface area (Å²) in [5.74, 6) is 0.699. The van der Waals surface area contributed by atoms with E-state index in [-0.39, 0.29) is 31.4 Å². The highest BCUT2D eigenvalue weighted by molar-refractivity contribution is 8.00. The fraction of sp³-hybridized carbons (Fsp3) is 0.550. The Morgan fingerprint density at radius 3 is 2.63 bits per heavy atom. The molecule has 6 nitrogen and oxygen atoms in total. The molecule has 0 saturated carbocycles. The summed E-state index contributed by atoms with van der Waals surface area (Å²) >= 11 is 1.51. The number of carbonyl (C=O) groups excluding carboxylic acids is 3. The van der Waals surface area contributed by atoms with Gasteiger partial charge in [-0.1, -0.05) is 26.0 Å². The number of fused-ring (bicyclic) bond motifs is 1. The molecule has 0 unspecified atom stereocenters. The molecule has 1 fully saturated rings. The van der Waals surface area contributed by atoms with Crippen molar-refractivity contribution in [2.24, 2.45) is 11.8 Å². The van der Waals surface area contributed by atoms with Crippen molar-refractivity contribution in [3.8, 4) is 0 Å². The number of carbonyl (C=O) groups is 3. The van der Waals surface area contributed by atoms with Crippen molar-refractivity contribution in [1.29, 1.82) is 0 Å². The van der Waals surface area contributed by atoms with Gasteiger partial charge in [-0.05, 0) is 30.4 Å². The molecule has 0 bridgehead atoms. The van der Waals surface area contributed by atoms with E-state index in [9.17, 15) is 14.4 Å². The average Bonchev–Trinajstić information content (AvgIpc) is 2.64. The Bertz CT molecular complexity index is 714. The molecule has 2 heterocycles. The standard InChI is InChI=1S/C20H26N2O4S/c1-14-9-15(2)11-21(10-14)18(23)12-26-20(25)7-8-22-16-5-3-4-6-17(16)27-13-19(22)24/h3-6,14-15H,7-13H2,1-2H3/t14-,15-/m0/s1. The molecule has 0 N–H and O–H groups in total. The lowest BCUT2D eigenvalue weighted by Crippen LogP contribution is -2.44. The van der Waals surface area contributed by atoms with Crippen LogP contribution in [0.4, 0.5) is 5.69 Å². The van der Waals surface area contributed by atoms with Gasteiger partial charge in [0.15, 0.2) is 6.61 Å². The number of para-hydroxylation sites is 1. The highest BCUT2D eigenvalue weighted by atomic mass is 32.2. The van der Waals surface area contributed by atoms with Crippen molar-refractivity contribution >= 4 is 35.2 Å². The summed E-state index contributed by atoms with van der Waals surface area (Å²) in [5.41, 5.74) is 0.832. The lowest BCUT2D eigenvalue weighted by Gasteiger charge is -2.34. The molecular formula is C20H26N2O4S. The number of amides is 2. The van der Waals surface area contributed by atoms with E-state index in [0.717, 1.165) is 30.1 Å². The number of anilines is 1. The molecule has 0 aromatic heterocycles. The van der Waals surface area contributed by atoms with E-state index in [1.54, 1.807) is 9.80 Å². The van der Waals surface area contributed by atoms with Crippen LogP contribution in [0.5, 0.6) is 0 Å². The summed E-state index contributed by atoms with van der Waals surface area (Å²) in [6.45, 7) is 5.75. The second-order valence-electron chi connectivity index (χ2n) is 7.46. The minimum atomic E-state index is -0.454. The summed E-state index contributed by atoms with van der Waals surface area (Å²) in [6, 6.07) is 7.66. The Balaban J connectivity index is 1.47. The normalized spacial score (nSPS) is 22.4. The zero-order chi connectivity index (χ0) is 19.4. The Kier molecular flexibility index (Phi) is 6.42. The van der Waals surface area contributed by atoms with Crippen LogP contribution >= 0.6 is 11.8 Å². The van der Waals surface area contributed by atoms with Crippen molar-refractivity contribution in [3.05, 3.63) is 24.3 Å². The topological polar surface area (TPSA) is 66.9 Å². The zero-order valence-electron chi connectivity index (χ0n) is 15.8. The molecule has 2 aliphatic rings. The van der Waals surface area contributed by atoms with Crippen LogP contribution in [0.15, 0.2) is 29.2 Å². The van der Waals surface area contributed by atoms with Gasteiger partial charge in [0, 0.05) is 24.5 Å². The van der Waals surface area contributed by atoms with Gasteiger partial charge >= 0.3 is 5.97 Å². The van der Waals surface area contributed by atoms with Crippen LogP contribution in [0, 0.1) is 11.8 Å². The Labute approximate surface area is 164 Å². The van der Waals surface area contributed by atoms with Crippen LogP contribution in [-0.2, 0) is 19.1 Å². The van der Waals surface area contributed by atoms with Crippen molar-refractivity contribution in [1.82, 2.24) is 4.90 Å². The van der Waals surface area contributed by atoms with Gasteiger partial charge in [0.2, 0.25) is 5.91 Å². The number of hydrogen-bond acceptors (Lipinski definition) is 5. The lowest BCUT2D eigenvalue weighted by atomic mass is 9.92. The van der Waals surface area contributed by atoms with E-state index in [0.29, 0.717) is 17.6 Å². The van der Waals surface area contributed by atoms with Gasteiger partial charge in [-0.3, -0.25) is 14.4 Å². The maximum absolute atomic E-state index is 12.3. The van der Waals surface area contributed by atoms with Crippen LogP contribution in [-0.4, -0.2) is 54.7 Å². The third kappa shape index (κ3) is 5.03. The number of likely N-dealkylation sites (tertiary alicyclic amines) is 1. The Morgan fingerprint density at radius 1 is 1.19 bits per heavy atom. The summed E-state index contributed by atoms with van der Waals surface area (Å²) in [7, 11) is 0. The summed E-state index contributed by atoms with van der Waals surface area (Å²) < 4.78 is 5.17. The van der Waals surface area contributed by atoms with E-state index in [4.69, 9.17) is 4.74 Å². The summed E-state index contributed by atoms with van der Waals surface area (Å²) in [6.07, 6.45) is 1.19. The predicted octanol–water partition coefficient (Wildman–Crippen LogP) is 2.56. The number of hydrogen-bond donors (Lipinski definition) is 0. The Hall–Kier alpha value is -2.02. The second kappa shape index (κ2) is 8.78. The summed E-state index contributed by atoms with van der Waals surface area (Å²) in [4.78, 5) is 41.0. The average molecular weight is 391 g/mol. The minimum Gasteiger partial charge on any atom is -0.456 e. The van der Waals surface area contributed by atoms with Crippen LogP contribution in [0.2, 0.25) is 0 Å². The maximum Gasteiger partial charge on any atom is 0.308 e. The van der Waals surface area contributed by atoms with Gasteiger partial charge in [-0.15, -0.1) is 11.8 Å². The molecule has 27 heavy (non-hydrogen) atoms. The summed E-state index contributed by atoms with van der Waals surface area (Å²) in [5, 5.41) is 0. The van der Waals surface area contributed by atoms with E-state index < -0.39 is 5.97 Å². The number of ether oxygens (including phenoxy) is 1. The highest BCUT2D eigenvalue weighted by Gasteiger charge is 2.27. The second-order valence-corrected chi connectivity index (χ2v) is 8.47. The van der Waals surface area contributed by atoms with E-state index >= 15 is 0 Å². The molecule has 3 rings (SSSR count). The molecule has 0 aliphatic carbocycles. The molecule has 0 radical (unpaired) electrons. The predicted molar refractivity (Wildman–Crippen MR) is 105 cm³/mol. The third-order valence-electron chi connectivity index (χ3n) is 4.93. The first-order valence-electron chi connectivity index (χ1n) is 9.39. The first kappa shape index (κ1) is 19.7. The van der Waals surface area contributed by atoms with Crippen molar-refractivity contribution in [3.63, 3.8) is 0 Å². The number of esters is 1. The first-order chi connectivity index (χ1) is 12.9. The molecular weight excluding hydrogens is 364 g/mol. The fourth-order valence-corrected chi connectivity index (χ4v) is 4.71. The zero-order valence-corrected chi connectivity index (χ0v) is 16.7. The molecule has 1 aromatic carbocycles. The Morgan fingerprint density at radius 2 is 1.89 bits per heavy atom. The van der Waals surface area contributed by atoms with E-state index in [1.165, 1.54) is 11.8 Å². The SMILES string of the molecule is C[C@H]1C[C@H](C)CN(C(=O)COC(=O)CCN2C(=O)CSc3ccccc32)C1. The van der Waals surface area contributed by atoms with Gasteiger partial charge < -0.3 is 14.5 Å². The van der Waals surface area contributed by atoms with E-state index in [1.807, 2.05) is 24.3 Å². The van der Waals surface area contributed by atoms with Crippen LogP contribution in [0.25, 0.3) is 0 Å². The van der Waals surface area contributed by atoms with Crippen molar-refractivity contribution < 1.29 is 19.1 Å². The molecule has 2 atom stereocenters. The minimum absolute atomic E-state index is 0.0149. The highest BCUT2D eigenvalue weighted by Crippen LogP contribution is 2.34. The quantitative estimate of drug-likeness (QED) is 0.723. The van der Waals surface area contributed by atoms with Gasteiger partial charge in [0.05, 0.1) is 17.9 Å². The first-order valence-corrected chi connectivity index (χ1v) is 10.4. The monoisotopic (exact) mass is 390 g/mol. The third-order valence-corrected chi connectivity index (χ3v) is 5.97. The molecule has 7 heteroatoms. The smallest absolute Gasteiger partial charge is 0.308 e. The molecule has 146 valence electrons. The van der Waals surface area contributed by atoms with Crippen molar-refractivity contribution in [2.45, 2.75) is 31.6 Å². The molecule has 0 spiro atoms. The fourth-order valence-electron chi connectivity index (χ4n) is 3.77. The van der Waals surface area contributed by atoms with Gasteiger partial charge in [0.1, 0.15) is 0 Å². The van der Waals surface area contributed by atoms with Gasteiger partial charge in [-0.25, -0.2) is 0 Å². The van der Waals surface area contributed by atoms with Gasteiger partial charge in [-0.2, -0.15) is 0 Å². The van der Waals surface area contributed by atoms with Crippen molar-refractivity contribution in [2.75, 3.05) is 36.9 Å². The molecule has 1 saturated heterocycles. The van der Waals surface area contributed by atoms with E-state index in [2.05, 4.69) is 13.8 Å². The van der Waals surface area contributed by atoms with Crippen LogP contribution in [0.3, 0.4) is 0 Å². The lowest BCUT2D eigenvalue weighted by molar-refractivity contribution is -0.153. The molecule has 2 aliphatic heterocycles. The largest absolute Gasteiger partial charge is 0.456 e. The number of rotatable bonds is 5. The molecule has 1 aromatic rings. The number of benzene rings is 1. The maximum atomic E-state index is 12.3. The van der Waals surface area contributed by atoms with Crippen LogP contribution < -0.4 is 4.90 Å². The number of piperidine rings is 1.